The second-order valence-corrected chi connectivity index (χ2v) is 4.81. The van der Waals surface area contributed by atoms with Crippen LogP contribution in [0.4, 0.5) is 0 Å². The summed E-state index contributed by atoms with van der Waals surface area (Å²) in [6.45, 7) is 8.14. The zero-order valence-corrected chi connectivity index (χ0v) is 11.3. The lowest BCUT2D eigenvalue weighted by Gasteiger charge is -2.29. The monoisotopic (exact) mass is 234 g/mol. The number of amides is 1. The van der Waals surface area contributed by atoms with E-state index in [9.17, 15) is 4.79 Å². The summed E-state index contributed by atoms with van der Waals surface area (Å²) in [5.41, 5.74) is 1.03. The Balaban J connectivity index is 2.77. The van der Waals surface area contributed by atoms with Gasteiger partial charge in [-0.1, -0.05) is 0 Å². The van der Waals surface area contributed by atoms with E-state index >= 15 is 0 Å². The van der Waals surface area contributed by atoms with Crippen molar-refractivity contribution in [3.8, 4) is 0 Å². The molecule has 0 aromatic carbocycles. The van der Waals surface area contributed by atoms with Crippen molar-refractivity contribution in [3.05, 3.63) is 30.1 Å². The van der Waals surface area contributed by atoms with E-state index in [-0.39, 0.29) is 18.0 Å². The van der Waals surface area contributed by atoms with Gasteiger partial charge in [0.15, 0.2) is 0 Å². The molecule has 0 aliphatic carbocycles. The summed E-state index contributed by atoms with van der Waals surface area (Å²) in [5.74, 6) is 0.0659. The van der Waals surface area contributed by atoms with Gasteiger partial charge < -0.3 is 9.47 Å². The Kier molecular flexibility index (Phi) is 4.55. The number of aromatic nitrogens is 1. The van der Waals surface area contributed by atoms with Crippen molar-refractivity contribution in [1.29, 1.82) is 0 Å². The van der Waals surface area contributed by atoms with Crippen molar-refractivity contribution in [2.45, 2.75) is 39.8 Å². The zero-order valence-electron chi connectivity index (χ0n) is 11.3. The van der Waals surface area contributed by atoms with Gasteiger partial charge in [0.2, 0.25) is 5.91 Å². The Bertz CT molecular complexity index is 394. The number of hydrogen-bond acceptors (Lipinski definition) is 1. The third kappa shape index (κ3) is 3.48. The highest BCUT2D eigenvalue weighted by atomic mass is 16.2. The molecule has 1 amide bonds. The first-order chi connectivity index (χ1) is 7.93. The fourth-order valence-electron chi connectivity index (χ4n) is 2.00. The molecule has 0 spiro atoms. The van der Waals surface area contributed by atoms with Crippen molar-refractivity contribution in [2.75, 3.05) is 0 Å². The minimum atomic E-state index is 0.0659. The minimum absolute atomic E-state index is 0.0659. The molecule has 0 atom stereocenters. The molecule has 0 unspecified atom stereocenters. The first-order valence-corrected chi connectivity index (χ1v) is 6.05. The Morgan fingerprint density at radius 3 is 2.29 bits per heavy atom. The maximum atomic E-state index is 12.1. The van der Waals surface area contributed by atoms with Crippen LogP contribution in [0.5, 0.6) is 0 Å². The molecule has 0 aliphatic heterocycles. The van der Waals surface area contributed by atoms with E-state index in [1.165, 1.54) is 0 Å². The second kappa shape index (κ2) is 5.71. The molecule has 3 nitrogen and oxygen atoms in total. The van der Waals surface area contributed by atoms with Crippen LogP contribution in [0.15, 0.2) is 24.4 Å². The highest BCUT2D eigenvalue weighted by molar-refractivity contribution is 5.91. The van der Waals surface area contributed by atoms with Gasteiger partial charge in [-0.2, -0.15) is 0 Å². The molecule has 0 bridgehead atoms. The van der Waals surface area contributed by atoms with E-state index in [4.69, 9.17) is 0 Å². The smallest absolute Gasteiger partial charge is 0.247 e. The maximum Gasteiger partial charge on any atom is 0.247 e. The second-order valence-electron chi connectivity index (χ2n) is 4.81. The van der Waals surface area contributed by atoms with Crippen LogP contribution in [0.25, 0.3) is 6.08 Å². The van der Waals surface area contributed by atoms with Crippen molar-refractivity contribution in [2.24, 2.45) is 7.05 Å². The summed E-state index contributed by atoms with van der Waals surface area (Å²) in [4.78, 5) is 13.9. The Morgan fingerprint density at radius 2 is 1.88 bits per heavy atom. The van der Waals surface area contributed by atoms with Crippen molar-refractivity contribution < 1.29 is 4.79 Å². The summed E-state index contributed by atoms with van der Waals surface area (Å²) >= 11 is 0. The minimum Gasteiger partial charge on any atom is -0.351 e. The van der Waals surface area contributed by atoms with Crippen LogP contribution in [0.1, 0.15) is 33.4 Å². The molecule has 1 heterocycles. The number of nitrogens with zero attached hydrogens (tertiary/aromatic N) is 2. The lowest BCUT2D eigenvalue weighted by Crippen LogP contribution is -2.41. The molecule has 3 heteroatoms. The van der Waals surface area contributed by atoms with Gasteiger partial charge in [-0.3, -0.25) is 4.79 Å². The van der Waals surface area contributed by atoms with Crippen molar-refractivity contribution >= 4 is 12.0 Å². The molecule has 0 saturated carbocycles. The van der Waals surface area contributed by atoms with Crippen molar-refractivity contribution in [3.63, 3.8) is 0 Å². The summed E-state index contributed by atoms with van der Waals surface area (Å²) in [6, 6.07) is 4.40. The molecular weight excluding hydrogens is 212 g/mol. The number of carbonyl (C=O) groups excluding carboxylic acids is 1. The lowest BCUT2D eigenvalue weighted by atomic mass is 10.2. The summed E-state index contributed by atoms with van der Waals surface area (Å²) in [7, 11) is 1.97. The summed E-state index contributed by atoms with van der Waals surface area (Å²) in [6.07, 6.45) is 5.47. The normalized spacial score (nSPS) is 11.7. The van der Waals surface area contributed by atoms with Crippen LogP contribution in [0.3, 0.4) is 0 Å². The van der Waals surface area contributed by atoms with Gasteiger partial charge in [0.05, 0.1) is 0 Å². The zero-order chi connectivity index (χ0) is 13.0. The van der Waals surface area contributed by atoms with Crippen LogP contribution in [-0.2, 0) is 11.8 Å². The highest BCUT2D eigenvalue weighted by Crippen LogP contribution is 2.08. The fraction of sp³-hybridized carbons (Fsp3) is 0.500. The number of aryl methyl sites for hydroxylation is 1. The molecule has 1 aromatic rings. The van der Waals surface area contributed by atoms with E-state index < -0.39 is 0 Å². The van der Waals surface area contributed by atoms with Crippen molar-refractivity contribution in [1.82, 2.24) is 9.47 Å². The summed E-state index contributed by atoms with van der Waals surface area (Å²) < 4.78 is 1.98. The fourth-order valence-corrected chi connectivity index (χ4v) is 2.00. The van der Waals surface area contributed by atoms with Gasteiger partial charge in [0, 0.05) is 37.1 Å². The number of hydrogen-bond donors (Lipinski definition) is 0. The predicted molar refractivity (Wildman–Crippen MR) is 71.6 cm³/mol. The van der Waals surface area contributed by atoms with Crippen LogP contribution in [-0.4, -0.2) is 27.5 Å². The molecule has 0 fully saturated rings. The molecule has 94 valence electrons. The van der Waals surface area contributed by atoms with Crippen LogP contribution < -0.4 is 0 Å². The van der Waals surface area contributed by atoms with E-state index in [0.717, 1.165) is 5.69 Å². The topological polar surface area (TPSA) is 25.2 Å². The molecule has 1 rings (SSSR count). The van der Waals surface area contributed by atoms with E-state index in [1.54, 1.807) is 6.08 Å². The van der Waals surface area contributed by atoms with Crippen LogP contribution in [0, 0.1) is 0 Å². The predicted octanol–water partition coefficient (Wildman–Crippen LogP) is 2.68. The van der Waals surface area contributed by atoms with E-state index in [1.807, 2.05) is 68.6 Å². The van der Waals surface area contributed by atoms with Crippen LogP contribution >= 0.6 is 0 Å². The maximum absolute atomic E-state index is 12.1. The van der Waals surface area contributed by atoms with Gasteiger partial charge in [-0.05, 0) is 45.9 Å². The van der Waals surface area contributed by atoms with Gasteiger partial charge in [0.1, 0.15) is 0 Å². The van der Waals surface area contributed by atoms with Gasteiger partial charge in [-0.15, -0.1) is 0 Å². The van der Waals surface area contributed by atoms with E-state index in [2.05, 4.69) is 0 Å². The third-order valence-electron chi connectivity index (χ3n) is 2.75. The molecule has 0 saturated heterocycles. The van der Waals surface area contributed by atoms with Gasteiger partial charge >= 0.3 is 0 Å². The lowest BCUT2D eigenvalue weighted by molar-refractivity contribution is -0.129. The third-order valence-corrected chi connectivity index (χ3v) is 2.75. The molecular formula is C14H22N2O. The standard InChI is InChI=1S/C14H22N2O/c1-11(2)16(12(3)4)14(17)9-8-13-7-6-10-15(13)5/h6-12H,1-5H3/b9-8+. The van der Waals surface area contributed by atoms with Crippen LogP contribution in [0.2, 0.25) is 0 Å². The average molecular weight is 234 g/mol. The Morgan fingerprint density at radius 1 is 1.29 bits per heavy atom. The number of carbonyl (C=O) groups is 1. The molecule has 0 radical (unpaired) electrons. The molecule has 0 N–H and O–H groups in total. The summed E-state index contributed by atoms with van der Waals surface area (Å²) in [5, 5.41) is 0. The Hall–Kier alpha value is -1.51. The van der Waals surface area contributed by atoms with Gasteiger partial charge in [-0.25, -0.2) is 0 Å². The first kappa shape index (κ1) is 13.6. The molecule has 17 heavy (non-hydrogen) atoms. The molecule has 0 aliphatic rings. The SMILES string of the molecule is CC(C)N(C(=O)/C=C/c1cccn1C)C(C)C. The quantitative estimate of drug-likeness (QED) is 0.735. The van der Waals surface area contributed by atoms with E-state index in [0.29, 0.717) is 0 Å². The number of rotatable bonds is 4. The average Bonchev–Trinajstić information content (AvgIpc) is 2.59. The largest absolute Gasteiger partial charge is 0.351 e. The Labute approximate surface area is 104 Å². The molecule has 1 aromatic heterocycles. The first-order valence-electron chi connectivity index (χ1n) is 6.05. The highest BCUT2D eigenvalue weighted by Gasteiger charge is 2.17. The van der Waals surface area contributed by atoms with Gasteiger partial charge in [0.25, 0.3) is 0 Å².